The van der Waals surface area contributed by atoms with E-state index in [-0.39, 0.29) is 18.7 Å². The number of hydrogen-bond acceptors (Lipinski definition) is 6. The lowest BCUT2D eigenvalue weighted by molar-refractivity contribution is -0.478. The number of carbonyl (C=O) groups is 2. The van der Waals surface area contributed by atoms with Crippen molar-refractivity contribution in [3.05, 3.63) is 82.9 Å². The van der Waals surface area contributed by atoms with E-state index in [0.717, 1.165) is 42.6 Å². The molecule has 0 unspecified atom stereocenters. The second-order valence-corrected chi connectivity index (χ2v) is 11.3. The van der Waals surface area contributed by atoms with Crippen LogP contribution in [0, 0.1) is 5.41 Å². The number of quaternary nitrogens is 1. The largest absolute Gasteiger partial charge is 0.484 e. The highest BCUT2D eigenvalue weighted by Gasteiger charge is 2.35. The maximum atomic E-state index is 13.7. The standard InChI is InChI=1S/C33H36F2N4O5/c1-20(37-32(41)33(2,34)35)30(21-10-11-23-18-42-19-43-29(23)16-21)44-27-12-13-28(24(15-27)17-36)38-26-9-5-6-22(14-26)31(40)39-25-7-3-4-8-25/h5-6,9-17,20,25,30,36,38H,3-4,7-8,18-19H2,1-2H3,(H,37,41)(H,39,40)/p+1/t20-,30-/m0/s1. The number of benzene rings is 3. The molecule has 2 aliphatic rings. The molecule has 3 aromatic carbocycles. The summed E-state index contributed by atoms with van der Waals surface area (Å²) in [4.78, 5) is 24.9. The maximum absolute atomic E-state index is 13.7. The third-order valence-corrected chi connectivity index (χ3v) is 7.82. The third-order valence-electron chi connectivity index (χ3n) is 7.82. The van der Waals surface area contributed by atoms with Crippen LogP contribution in [0.25, 0.3) is 0 Å². The Kier molecular flexibility index (Phi) is 9.55. The molecular weight excluding hydrogens is 570 g/mol. The Morgan fingerprint density at radius 2 is 1.91 bits per heavy atom. The second kappa shape index (κ2) is 13.5. The zero-order valence-corrected chi connectivity index (χ0v) is 24.7. The molecule has 11 heteroatoms. The number of ether oxygens (including phenoxy) is 3. The molecule has 9 nitrogen and oxygen atoms in total. The molecule has 44 heavy (non-hydrogen) atoms. The number of nitrogens with two attached hydrogens (primary N) is 1. The van der Waals surface area contributed by atoms with Gasteiger partial charge >= 0.3 is 5.92 Å². The van der Waals surface area contributed by atoms with Crippen molar-refractivity contribution < 1.29 is 37.9 Å². The number of fused-ring (bicyclic) bond motifs is 1. The fourth-order valence-electron chi connectivity index (χ4n) is 5.44. The molecule has 232 valence electrons. The van der Waals surface area contributed by atoms with Crippen molar-refractivity contribution in [3.63, 3.8) is 0 Å². The van der Waals surface area contributed by atoms with E-state index >= 15 is 0 Å². The Bertz CT molecular complexity index is 1520. The lowest BCUT2D eigenvalue weighted by atomic mass is 10.00. The van der Waals surface area contributed by atoms with E-state index in [2.05, 4.69) is 10.6 Å². The number of rotatable bonds is 11. The van der Waals surface area contributed by atoms with E-state index in [1.807, 2.05) is 29.6 Å². The van der Waals surface area contributed by atoms with Crippen LogP contribution in [-0.2, 0) is 16.1 Å². The summed E-state index contributed by atoms with van der Waals surface area (Å²) in [5, 5.41) is 15.4. The topological polar surface area (TPSA) is 126 Å². The number of amides is 2. The first-order valence-corrected chi connectivity index (χ1v) is 14.7. The van der Waals surface area contributed by atoms with Gasteiger partial charge in [-0.25, -0.2) is 0 Å². The zero-order chi connectivity index (χ0) is 31.3. The van der Waals surface area contributed by atoms with Gasteiger partial charge in [-0.05, 0) is 55.7 Å². The second-order valence-electron chi connectivity index (χ2n) is 11.3. The van der Waals surface area contributed by atoms with Crippen molar-refractivity contribution in [2.45, 2.75) is 70.2 Å². The van der Waals surface area contributed by atoms with Crippen molar-refractivity contribution in [1.82, 2.24) is 10.6 Å². The molecule has 0 bridgehead atoms. The highest BCUT2D eigenvalue weighted by molar-refractivity contribution is 5.95. The third kappa shape index (κ3) is 7.59. The minimum absolute atomic E-state index is 0.0884. The van der Waals surface area contributed by atoms with Crippen LogP contribution in [0.2, 0.25) is 0 Å². The summed E-state index contributed by atoms with van der Waals surface area (Å²) in [5.74, 6) is -4.11. The molecule has 0 spiro atoms. The molecule has 2 amide bonds. The normalized spacial score (nSPS) is 16.3. The number of halogens is 2. The first-order chi connectivity index (χ1) is 21.1. The summed E-state index contributed by atoms with van der Waals surface area (Å²) >= 11 is 0. The van der Waals surface area contributed by atoms with E-state index in [1.54, 1.807) is 43.3 Å². The van der Waals surface area contributed by atoms with Gasteiger partial charge in [-0.15, -0.1) is 0 Å². The van der Waals surface area contributed by atoms with Gasteiger partial charge < -0.3 is 30.3 Å². The van der Waals surface area contributed by atoms with Crippen molar-refractivity contribution in [3.8, 4) is 11.5 Å². The average molecular weight is 608 g/mol. The quantitative estimate of drug-likeness (QED) is 0.180. The lowest BCUT2D eigenvalue weighted by Gasteiger charge is -2.28. The van der Waals surface area contributed by atoms with Gasteiger partial charge in [0, 0.05) is 42.4 Å². The van der Waals surface area contributed by atoms with Crippen LogP contribution in [0.3, 0.4) is 0 Å². The maximum Gasteiger partial charge on any atom is 0.321 e. The van der Waals surface area contributed by atoms with Gasteiger partial charge in [0.05, 0.1) is 18.2 Å². The van der Waals surface area contributed by atoms with Crippen LogP contribution in [-0.4, -0.2) is 42.8 Å². The average Bonchev–Trinajstić information content (AvgIpc) is 3.53. The number of carbonyl (C=O) groups excluding carboxylic acids is 2. The molecule has 3 aromatic rings. The Hall–Kier alpha value is -4.35. The molecule has 1 heterocycles. The predicted molar refractivity (Wildman–Crippen MR) is 160 cm³/mol. The first-order valence-electron chi connectivity index (χ1n) is 14.7. The van der Waals surface area contributed by atoms with Gasteiger partial charge in [-0.3, -0.25) is 14.9 Å². The summed E-state index contributed by atoms with van der Waals surface area (Å²) in [6, 6.07) is 17.2. The lowest BCUT2D eigenvalue weighted by Crippen LogP contribution is -2.71. The number of hydrogen-bond donors (Lipinski definition) is 4. The predicted octanol–water partition coefficient (Wildman–Crippen LogP) is 5.03. The van der Waals surface area contributed by atoms with Gasteiger partial charge in [0.15, 0.2) is 6.79 Å². The first kappa shape index (κ1) is 31.1. The summed E-state index contributed by atoms with van der Waals surface area (Å²) in [6.07, 6.45) is 4.60. The van der Waals surface area contributed by atoms with Crippen LogP contribution in [0.1, 0.15) is 72.7 Å². The monoisotopic (exact) mass is 607 g/mol. The van der Waals surface area contributed by atoms with E-state index in [9.17, 15) is 18.4 Å². The van der Waals surface area contributed by atoms with Crippen LogP contribution < -0.4 is 25.4 Å². The molecule has 1 aliphatic heterocycles. The Morgan fingerprint density at radius 3 is 2.66 bits per heavy atom. The van der Waals surface area contributed by atoms with Crippen LogP contribution in [0.4, 0.5) is 20.2 Å². The van der Waals surface area contributed by atoms with E-state index in [1.165, 1.54) is 6.21 Å². The SMILES string of the molecule is C[C@H](NC(=O)C(C)(F)F)[C@H](Oc1ccc([NH2+]c2cccc(C(=O)NC3CCCC3)c2)c(C=N)c1)c1ccc2c(c1)OCOC2. The van der Waals surface area contributed by atoms with Gasteiger partial charge in [0.2, 0.25) is 0 Å². The highest BCUT2D eigenvalue weighted by atomic mass is 19.3. The van der Waals surface area contributed by atoms with Crippen molar-refractivity contribution in [2.24, 2.45) is 0 Å². The van der Waals surface area contributed by atoms with Gasteiger partial charge in [0.1, 0.15) is 29.0 Å². The summed E-state index contributed by atoms with van der Waals surface area (Å²) in [5.41, 5.74) is 4.09. The molecule has 5 N–H and O–H groups in total. The zero-order valence-electron chi connectivity index (χ0n) is 24.7. The minimum Gasteiger partial charge on any atom is -0.484 e. The molecule has 1 fully saturated rings. The summed E-state index contributed by atoms with van der Waals surface area (Å²) in [6.45, 7) is 2.60. The van der Waals surface area contributed by atoms with Gasteiger partial charge in [0.25, 0.3) is 11.8 Å². The number of alkyl halides is 2. The van der Waals surface area contributed by atoms with Crippen molar-refractivity contribution in [2.75, 3.05) is 6.79 Å². The highest BCUT2D eigenvalue weighted by Crippen LogP contribution is 2.33. The molecular formula is C33H37F2N4O5+. The van der Waals surface area contributed by atoms with Crippen LogP contribution in [0.15, 0.2) is 60.7 Å². The fourth-order valence-corrected chi connectivity index (χ4v) is 5.44. The van der Waals surface area contributed by atoms with E-state index in [0.29, 0.717) is 41.7 Å². The molecule has 0 saturated heterocycles. The molecule has 5 rings (SSSR count). The van der Waals surface area contributed by atoms with Gasteiger partial charge in [-0.1, -0.05) is 31.0 Å². The van der Waals surface area contributed by atoms with Crippen molar-refractivity contribution >= 4 is 29.4 Å². The fraction of sp³-hybridized carbons (Fsp3) is 0.364. The molecule has 1 aliphatic carbocycles. The molecule has 0 radical (unpaired) electrons. The van der Waals surface area contributed by atoms with E-state index < -0.39 is 24.0 Å². The van der Waals surface area contributed by atoms with Crippen LogP contribution >= 0.6 is 0 Å². The summed E-state index contributed by atoms with van der Waals surface area (Å²) < 4.78 is 44.7. The summed E-state index contributed by atoms with van der Waals surface area (Å²) in [7, 11) is 0. The minimum atomic E-state index is -3.56. The molecule has 1 saturated carbocycles. The number of nitrogens with one attached hydrogen (secondary N) is 3. The van der Waals surface area contributed by atoms with Crippen molar-refractivity contribution in [1.29, 1.82) is 5.41 Å². The Labute approximate surface area is 254 Å². The smallest absolute Gasteiger partial charge is 0.321 e. The Morgan fingerprint density at radius 1 is 1.11 bits per heavy atom. The molecule has 2 atom stereocenters. The molecule has 0 aromatic heterocycles. The van der Waals surface area contributed by atoms with Crippen LogP contribution in [0.5, 0.6) is 11.5 Å². The van der Waals surface area contributed by atoms with E-state index in [4.69, 9.17) is 19.6 Å². The van der Waals surface area contributed by atoms with Gasteiger partial charge in [-0.2, -0.15) is 8.78 Å². The Balaban J connectivity index is 1.36.